The van der Waals surface area contributed by atoms with Gasteiger partial charge in [0.2, 0.25) is 0 Å². The smallest absolute Gasteiger partial charge is 0.0839 e. The zero-order valence-electron chi connectivity index (χ0n) is 9.36. The van der Waals surface area contributed by atoms with E-state index in [2.05, 4.69) is 24.3 Å². The molecule has 0 amide bonds. The lowest BCUT2D eigenvalue weighted by atomic mass is 9.98. The molecule has 0 radical (unpaired) electrons. The molecule has 2 fully saturated rings. The van der Waals surface area contributed by atoms with Crippen LogP contribution in [0, 0.1) is 0 Å². The van der Waals surface area contributed by atoms with E-state index in [0.717, 1.165) is 25.4 Å². The summed E-state index contributed by atoms with van der Waals surface area (Å²) in [7, 11) is 0. The summed E-state index contributed by atoms with van der Waals surface area (Å²) < 4.78 is 5.81. The van der Waals surface area contributed by atoms with E-state index in [-0.39, 0.29) is 11.5 Å². The lowest BCUT2D eigenvalue weighted by molar-refractivity contribution is 0.0168. The number of benzene rings is 1. The molecule has 1 heterocycles. The van der Waals surface area contributed by atoms with Crippen LogP contribution in [-0.2, 0) is 4.74 Å². The molecule has 1 nitrogen and oxygen atoms in total. The van der Waals surface area contributed by atoms with Crippen molar-refractivity contribution in [2.75, 3.05) is 6.61 Å². The van der Waals surface area contributed by atoms with E-state index in [1.807, 2.05) is 0 Å². The highest BCUT2D eigenvalue weighted by Crippen LogP contribution is 2.41. The number of ether oxygens (including phenoxy) is 1. The van der Waals surface area contributed by atoms with Gasteiger partial charge in [-0.3, -0.25) is 0 Å². The van der Waals surface area contributed by atoms with Crippen molar-refractivity contribution in [1.29, 1.82) is 0 Å². The molecule has 2 atom stereocenters. The van der Waals surface area contributed by atoms with Crippen LogP contribution in [-0.4, -0.2) is 12.0 Å². The normalized spacial score (nSPS) is 30.3. The van der Waals surface area contributed by atoms with Gasteiger partial charge in [0.05, 0.1) is 6.10 Å². The molecule has 0 aromatic heterocycles. The first-order valence-corrected chi connectivity index (χ1v) is 6.62. The van der Waals surface area contributed by atoms with E-state index >= 15 is 0 Å². The SMILES string of the molecule is ClC1CCOC(c2cccc(C3CC3)c2)C1. The Morgan fingerprint density at radius 3 is 2.69 bits per heavy atom. The highest BCUT2D eigenvalue weighted by molar-refractivity contribution is 6.20. The van der Waals surface area contributed by atoms with Gasteiger partial charge in [-0.05, 0) is 42.7 Å². The molecule has 0 bridgehead atoms. The average Bonchev–Trinajstić information content (AvgIpc) is 3.13. The second-order valence-corrected chi connectivity index (χ2v) is 5.54. The molecule has 2 aliphatic rings. The number of rotatable bonds is 2. The fourth-order valence-corrected chi connectivity index (χ4v) is 2.67. The molecule has 1 saturated carbocycles. The molecule has 1 saturated heterocycles. The minimum Gasteiger partial charge on any atom is -0.373 e. The summed E-state index contributed by atoms with van der Waals surface area (Å²) in [5, 5.41) is 0.281. The summed E-state index contributed by atoms with van der Waals surface area (Å²) in [6.45, 7) is 0.798. The zero-order valence-corrected chi connectivity index (χ0v) is 10.1. The molecule has 3 rings (SSSR count). The first-order valence-electron chi connectivity index (χ1n) is 6.18. The fraction of sp³-hybridized carbons (Fsp3) is 0.571. The molecular weight excluding hydrogens is 220 g/mol. The third-order valence-electron chi connectivity index (χ3n) is 3.55. The van der Waals surface area contributed by atoms with Crippen molar-refractivity contribution in [2.45, 2.75) is 43.1 Å². The zero-order chi connectivity index (χ0) is 11.0. The number of alkyl halides is 1. The van der Waals surface area contributed by atoms with Crippen LogP contribution >= 0.6 is 11.6 Å². The highest BCUT2D eigenvalue weighted by atomic mass is 35.5. The van der Waals surface area contributed by atoms with Gasteiger partial charge in [-0.2, -0.15) is 0 Å². The summed E-state index contributed by atoms with van der Waals surface area (Å²) in [6, 6.07) is 8.88. The Bertz CT molecular complexity index is 373. The molecule has 1 aromatic carbocycles. The Morgan fingerprint density at radius 1 is 1.12 bits per heavy atom. The van der Waals surface area contributed by atoms with Crippen molar-refractivity contribution in [3.63, 3.8) is 0 Å². The molecule has 2 unspecified atom stereocenters. The third-order valence-corrected chi connectivity index (χ3v) is 3.95. The van der Waals surface area contributed by atoms with Crippen LogP contribution in [0.15, 0.2) is 24.3 Å². The first-order chi connectivity index (χ1) is 7.83. The largest absolute Gasteiger partial charge is 0.373 e. The van der Waals surface area contributed by atoms with E-state index in [0.29, 0.717) is 0 Å². The summed E-state index contributed by atoms with van der Waals surface area (Å²) in [4.78, 5) is 0. The molecule has 1 aliphatic heterocycles. The van der Waals surface area contributed by atoms with Crippen LogP contribution in [0.5, 0.6) is 0 Å². The van der Waals surface area contributed by atoms with Crippen molar-refractivity contribution in [3.05, 3.63) is 35.4 Å². The van der Waals surface area contributed by atoms with Crippen molar-refractivity contribution >= 4 is 11.6 Å². The molecular formula is C14H17ClO. The summed E-state index contributed by atoms with van der Waals surface area (Å²) in [5.41, 5.74) is 2.80. The molecule has 2 heteroatoms. The van der Waals surface area contributed by atoms with Crippen molar-refractivity contribution < 1.29 is 4.74 Å². The maximum Gasteiger partial charge on any atom is 0.0839 e. The summed E-state index contributed by atoms with van der Waals surface area (Å²) in [6.07, 6.45) is 4.87. The van der Waals surface area contributed by atoms with E-state index in [1.54, 1.807) is 0 Å². The van der Waals surface area contributed by atoms with Gasteiger partial charge in [-0.25, -0.2) is 0 Å². The van der Waals surface area contributed by atoms with Gasteiger partial charge in [0.15, 0.2) is 0 Å². The maximum atomic E-state index is 6.20. The predicted molar refractivity (Wildman–Crippen MR) is 66.0 cm³/mol. The molecule has 1 aliphatic carbocycles. The van der Waals surface area contributed by atoms with Crippen LogP contribution in [0.2, 0.25) is 0 Å². The summed E-state index contributed by atoms with van der Waals surface area (Å²) >= 11 is 6.20. The second-order valence-electron chi connectivity index (χ2n) is 4.93. The first kappa shape index (κ1) is 10.6. The Balaban J connectivity index is 1.79. The fourth-order valence-electron chi connectivity index (χ4n) is 2.42. The van der Waals surface area contributed by atoms with Crippen molar-refractivity contribution in [1.82, 2.24) is 0 Å². The average molecular weight is 237 g/mol. The molecule has 0 spiro atoms. The Labute approximate surface area is 102 Å². The van der Waals surface area contributed by atoms with E-state index in [1.165, 1.54) is 24.0 Å². The van der Waals surface area contributed by atoms with Gasteiger partial charge < -0.3 is 4.74 Å². The maximum absolute atomic E-state index is 6.20. The van der Waals surface area contributed by atoms with Gasteiger partial charge in [0.1, 0.15) is 0 Å². The van der Waals surface area contributed by atoms with Crippen LogP contribution in [0.3, 0.4) is 0 Å². The van der Waals surface area contributed by atoms with Crippen LogP contribution in [0.1, 0.15) is 48.8 Å². The van der Waals surface area contributed by atoms with E-state index in [4.69, 9.17) is 16.3 Å². The monoisotopic (exact) mass is 236 g/mol. The summed E-state index contributed by atoms with van der Waals surface area (Å²) in [5.74, 6) is 0.815. The Hall–Kier alpha value is -0.530. The standard InChI is InChI=1S/C14H17ClO/c15-13-6-7-16-14(9-13)12-3-1-2-11(8-12)10-4-5-10/h1-3,8,10,13-14H,4-7,9H2. The van der Waals surface area contributed by atoms with Gasteiger partial charge >= 0.3 is 0 Å². The van der Waals surface area contributed by atoms with Crippen LogP contribution < -0.4 is 0 Å². The lowest BCUT2D eigenvalue weighted by Crippen LogP contribution is -2.19. The van der Waals surface area contributed by atoms with Gasteiger partial charge in [0.25, 0.3) is 0 Å². The van der Waals surface area contributed by atoms with Crippen LogP contribution in [0.4, 0.5) is 0 Å². The lowest BCUT2D eigenvalue weighted by Gasteiger charge is -2.26. The molecule has 0 N–H and O–H groups in total. The minimum atomic E-state index is 0.218. The topological polar surface area (TPSA) is 9.23 Å². The Morgan fingerprint density at radius 2 is 1.94 bits per heavy atom. The van der Waals surface area contributed by atoms with Gasteiger partial charge in [0, 0.05) is 12.0 Å². The number of halogens is 1. The van der Waals surface area contributed by atoms with Crippen molar-refractivity contribution in [2.24, 2.45) is 0 Å². The highest BCUT2D eigenvalue weighted by Gasteiger charge is 2.26. The van der Waals surface area contributed by atoms with Gasteiger partial charge in [-0.1, -0.05) is 24.3 Å². The molecule has 16 heavy (non-hydrogen) atoms. The number of hydrogen-bond donors (Lipinski definition) is 0. The Kier molecular flexibility index (Phi) is 2.91. The predicted octanol–water partition coefficient (Wildman–Crippen LogP) is 4.02. The molecule has 1 aromatic rings. The molecule has 86 valence electrons. The number of hydrogen-bond acceptors (Lipinski definition) is 1. The van der Waals surface area contributed by atoms with Gasteiger partial charge in [-0.15, -0.1) is 11.6 Å². The van der Waals surface area contributed by atoms with E-state index < -0.39 is 0 Å². The van der Waals surface area contributed by atoms with Crippen LogP contribution in [0.25, 0.3) is 0 Å². The minimum absolute atomic E-state index is 0.218. The quantitative estimate of drug-likeness (QED) is 0.705. The van der Waals surface area contributed by atoms with E-state index in [9.17, 15) is 0 Å². The second kappa shape index (κ2) is 4.38. The van der Waals surface area contributed by atoms with Crippen molar-refractivity contribution in [3.8, 4) is 0 Å². The third kappa shape index (κ3) is 2.26.